The number of allylic oxidation sites excluding steroid dienone is 20. The number of hydrogen-bond donors (Lipinski definition) is 0. The van der Waals surface area contributed by atoms with Crippen LogP contribution in [0.1, 0.15) is 94.9 Å². The van der Waals surface area contributed by atoms with E-state index in [-0.39, 0.29) is 22.9 Å². The van der Waals surface area contributed by atoms with Gasteiger partial charge in [0.15, 0.2) is 0 Å². The van der Waals surface area contributed by atoms with Crippen LogP contribution in [0.25, 0.3) is 20.9 Å². The molecule has 2 aliphatic carbocycles. The summed E-state index contributed by atoms with van der Waals surface area (Å²) in [7, 11) is 0. The maximum atomic E-state index is 8.91. The van der Waals surface area contributed by atoms with E-state index >= 15 is 0 Å². The van der Waals surface area contributed by atoms with Crippen LogP contribution in [-0.2, 0) is 0 Å². The van der Waals surface area contributed by atoms with Crippen LogP contribution >= 0.6 is 0 Å². The van der Waals surface area contributed by atoms with Gasteiger partial charge < -0.3 is 0 Å². The first-order chi connectivity index (χ1) is 21.7. The number of azide groups is 2. The zero-order valence-electron chi connectivity index (χ0n) is 29.7. The van der Waals surface area contributed by atoms with Gasteiger partial charge in [-0.2, -0.15) is 0 Å². The summed E-state index contributed by atoms with van der Waals surface area (Å²) in [4.78, 5) is 6.08. The summed E-state index contributed by atoms with van der Waals surface area (Å²) in [5, 5.41) is 7.99. The van der Waals surface area contributed by atoms with Crippen molar-refractivity contribution in [2.24, 2.45) is 21.1 Å². The van der Waals surface area contributed by atoms with Gasteiger partial charge in [0.05, 0.1) is 12.1 Å². The Balaban J connectivity index is 1.97. The second-order valence-corrected chi connectivity index (χ2v) is 13.9. The number of nitrogens with zero attached hydrogens (tertiary/aromatic N) is 6. The van der Waals surface area contributed by atoms with Crippen LogP contribution < -0.4 is 0 Å². The van der Waals surface area contributed by atoms with E-state index < -0.39 is 0 Å². The zero-order chi connectivity index (χ0) is 34.3. The molecule has 0 fully saturated rings. The molecule has 0 heterocycles. The molecule has 0 N–H and O–H groups in total. The number of rotatable bonds is 12. The summed E-state index contributed by atoms with van der Waals surface area (Å²) in [6.07, 6.45) is 33.4. The minimum atomic E-state index is -0.0463. The molecule has 0 aromatic carbocycles. The summed E-state index contributed by atoms with van der Waals surface area (Å²) < 4.78 is 0. The molecule has 0 saturated heterocycles. The quantitative estimate of drug-likeness (QED) is 0.0899. The van der Waals surface area contributed by atoms with Gasteiger partial charge in [-0.25, -0.2) is 0 Å². The van der Waals surface area contributed by atoms with E-state index in [2.05, 4.69) is 174 Å². The Morgan fingerprint density at radius 1 is 0.587 bits per heavy atom. The predicted molar refractivity (Wildman–Crippen MR) is 198 cm³/mol. The summed E-state index contributed by atoms with van der Waals surface area (Å²) in [5.74, 6) is 0. The van der Waals surface area contributed by atoms with Crippen LogP contribution in [0.15, 0.2) is 140 Å². The van der Waals surface area contributed by atoms with Gasteiger partial charge in [-0.1, -0.05) is 156 Å². The smallest absolute Gasteiger partial charge is 0.0588 e. The van der Waals surface area contributed by atoms with E-state index in [0.29, 0.717) is 0 Å². The van der Waals surface area contributed by atoms with E-state index in [1.54, 1.807) is 0 Å². The minimum Gasteiger partial charge on any atom is -0.0863 e. The number of hydrogen-bond acceptors (Lipinski definition) is 2. The van der Waals surface area contributed by atoms with Crippen molar-refractivity contribution < 1.29 is 0 Å². The average molecular weight is 619 g/mol. The predicted octanol–water partition coefficient (Wildman–Crippen LogP) is 13.2. The van der Waals surface area contributed by atoms with Gasteiger partial charge in [-0.05, 0) is 100 Å². The van der Waals surface area contributed by atoms with Crippen molar-refractivity contribution in [2.45, 2.75) is 107 Å². The molecule has 2 rings (SSSR count). The topological polar surface area (TPSA) is 97.5 Å². The second-order valence-electron chi connectivity index (χ2n) is 13.9. The van der Waals surface area contributed by atoms with Gasteiger partial charge >= 0.3 is 0 Å². The van der Waals surface area contributed by atoms with E-state index in [4.69, 9.17) is 11.1 Å². The first-order valence-electron chi connectivity index (χ1n) is 16.3. The third-order valence-corrected chi connectivity index (χ3v) is 9.07. The zero-order valence-corrected chi connectivity index (χ0v) is 29.7. The van der Waals surface area contributed by atoms with Gasteiger partial charge in [-0.15, -0.1) is 0 Å². The molecule has 46 heavy (non-hydrogen) atoms. The van der Waals surface area contributed by atoms with Crippen molar-refractivity contribution in [3.8, 4) is 0 Å². The lowest BCUT2D eigenvalue weighted by atomic mass is 9.71. The largest absolute Gasteiger partial charge is 0.0863 e. The molecule has 0 radical (unpaired) electrons. The molecule has 244 valence electrons. The fourth-order valence-electron chi connectivity index (χ4n) is 6.02. The first-order valence-corrected chi connectivity index (χ1v) is 16.3. The van der Waals surface area contributed by atoms with Crippen LogP contribution in [0.5, 0.6) is 0 Å². The van der Waals surface area contributed by atoms with E-state index in [0.717, 1.165) is 48.0 Å². The van der Waals surface area contributed by atoms with Gasteiger partial charge in [0.1, 0.15) is 0 Å². The Kier molecular flexibility index (Phi) is 14.9. The van der Waals surface area contributed by atoms with E-state index in [9.17, 15) is 0 Å². The van der Waals surface area contributed by atoms with Gasteiger partial charge in [0, 0.05) is 9.82 Å². The van der Waals surface area contributed by atoms with Crippen LogP contribution in [-0.4, -0.2) is 12.1 Å². The van der Waals surface area contributed by atoms with Gasteiger partial charge in [0.2, 0.25) is 0 Å². The van der Waals surface area contributed by atoms with Crippen molar-refractivity contribution >= 4 is 0 Å². The Labute approximate surface area is 278 Å². The normalized spacial score (nSPS) is 23.3. The molecule has 0 aromatic heterocycles. The van der Waals surface area contributed by atoms with Crippen LogP contribution in [0.4, 0.5) is 0 Å². The first kappa shape index (κ1) is 37.9. The lowest BCUT2D eigenvalue weighted by Gasteiger charge is -2.35. The summed E-state index contributed by atoms with van der Waals surface area (Å²) in [5.41, 5.74) is 27.5. The summed E-state index contributed by atoms with van der Waals surface area (Å²) in [6.45, 7) is 21.6. The highest BCUT2D eigenvalue weighted by atomic mass is 15.2. The van der Waals surface area contributed by atoms with Crippen molar-refractivity contribution in [1.82, 2.24) is 0 Å². The highest BCUT2D eigenvalue weighted by molar-refractivity contribution is 5.41. The van der Waals surface area contributed by atoms with Gasteiger partial charge in [-0.3, -0.25) is 0 Å². The summed E-state index contributed by atoms with van der Waals surface area (Å²) in [6, 6.07) is -0.0925. The molecule has 2 atom stereocenters. The third kappa shape index (κ3) is 11.9. The lowest BCUT2D eigenvalue weighted by molar-refractivity contribution is 0.359. The molecule has 2 unspecified atom stereocenters. The Morgan fingerprint density at radius 3 is 1.26 bits per heavy atom. The van der Waals surface area contributed by atoms with Crippen LogP contribution in [0, 0.1) is 10.8 Å². The third-order valence-electron chi connectivity index (χ3n) is 9.07. The molecule has 0 saturated carbocycles. The maximum Gasteiger partial charge on any atom is 0.0588 e. The SMILES string of the molecule is CC1=C(/C=C/C(C)=C/C=C/C(C)=C/C=C/C=C(C)/C=C/C=C(C)/C=C/C2=C(C)C(N=[N+]=[N-])CCC2(C)C)C(C)(C)CCC1N=[N+]=[N-]. The Bertz CT molecular complexity index is 1430. The molecule has 6 heteroatoms. The second kappa shape index (κ2) is 18.0. The molecular formula is C40H54N6. The molecule has 0 aliphatic heterocycles. The molecule has 2 aliphatic rings. The van der Waals surface area contributed by atoms with Gasteiger partial charge in [0.25, 0.3) is 0 Å². The molecular weight excluding hydrogens is 564 g/mol. The van der Waals surface area contributed by atoms with Crippen molar-refractivity contribution in [1.29, 1.82) is 0 Å². The lowest BCUT2D eigenvalue weighted by Crippen LogP contribution is -2.26. The fraction of sp³-hybridized carbons (Fsp3) is 0.450. The Hall–Kier alpha value is -4.24. The van der Waals surface area contributed by atoms with E-state index in [1.807, 2.05) is 0 Å². The minimum absolute atomic E-state index is 0.0463. The highest BCUT2D eigenvalue weighted by Crippen LogP contribution is 2.43. The molecule has 0 bridgehead atoms. The van der Waals surface area contributed by atoms with Crippen molar-refractivity contribution in [3.05, 3.63) is 151 Å². The van der Waals surface area contributed by atoms with Crippen molar-refractivity contribution in [2.75, 3.05) is 0 Å². The van der Waals surface area contributed by atoms with Crippen molar-refractivity contribution in [3.63, 3.8) is 0 Å². The molecule has 0 spiro atoms. The highest BCUT2D eigenvalue weighted by Gasteiger charge is 2.32. The standard InChI is InChI=1S/C40H54N6/c1-29(17-13-19-31(3)21-23-35-33(5)37(43-45-41)25-27-39(35,7)8)15-11-12-16-30(2)18-14-20-32(4)22-24-36-34(6)38(44-46-42)26-28-40(36,9)10/h11-24,37-38H,25-28H2,1-10H3/b12-11+,17-13+,18-14+,23-21+,24-22+,29-15+,30-16+,31-19+,32-20+. The Morgan fingerprint density at radius 2 is 0.913 bits per heavy atom. The molecule has 6 nitrogen and oxygen atoms in total. The fourth-order valence-corrected chi connectivity index (χ4v) is 6.02. The van der Waals surface area contributed by atoms with Crippen LogP contribution in [0.3, 0.4) is 0 Å². The maximum absolute atomic E-state index is 8.91. The monoisotopic (exact) mass is 618 g/mol. The van der Waals surface area contributed by atoms with Crippen LogP contribution in [0.2, 0.25) is 0 Å². The molecule has 0 amide bonds. The average Bonchev–Trinajstić information content (AvgIpc) is 2.98. The summed E-state index contributed by atoms with van der Waals surface area (Å²) >= 11 is 0. The van der Waals surface area contributed by atoms with E-state index in [1.165, 1.54) is 22.3 Å². The molecule has 0 aromatic rings.